The fraction of sp³-hybridized carbons (Fsp3) is 0.867. The van der Waals surface area contributed by atoms with Crippen LogP contribution in [0.5, 0.6) is 0 Å². The lowest BCUT2D eigenvalue weighted by molar-refractivity contribution is -0.137. The number of carbonyl (C=O) groups is 2. The Labute approximate surface area is 122 Å². The predicted octanol–water partition coefficient (Wildman–Crippen LogP) is 3.15. The van der Waals surface area contributed by atoms with Crippen LogP contribution < -0.4 is 10.6 Å². The van der Waals surface area contributed by atoms with Crippen LogP contribution in [-0.4, -0.2) is 29.7 Å². The van der Waals surface area contributed by atoms with Crippen LogP contribution in [0.3, 0.4) is 0 Å². The van der Waals surface area contributed by atoms with Gasteiger partial charge in [-0.1, -0.05) is 52.9 Å². The summed E-state index contributed by atoms with van der Waals surface area (Å²) in [6, 6.07) is -0.587. The van der Waals surface area contributed by atoms with Gasteiger partial charge < -0.3 is 15.7 Å². The summed E-state index contributed by atoms with van der Waals surface area (Å²) >= 11 is 0. The summed E-state index contributed by atoms with van der Waals surface area (Å²) in [5, 5.41) is 14.3. The van der Waals surface area contributed by atoms with Crippen molar-refractivity contribution in [2.24, 2.45) is 5.92 Å². The maximum Gasteiger partial charge on any atom is 0.315 e. The summed E-state index contributed by atoms with van der Waals surface area (Å²) in [7, 11) is 0. The van der Waals surface area contributed by atoms with E-state index < -0.39 is 5.97 Å². The van der Waals surface area contributed by atoms with E-state index in [2.05, 4.69) is 17.6 Å². The number of urea groups is 1. The maximum absolute atomic E-state index is 11.7. The number of nitrogens with one attached hydrogen (secondary N) is 2. The molecule has 2 amide bonds. The van der Waals surface area contributed by atoms with Gasteiger partial charge in [-0.15, -0.1) is 0 Å². The van der Waals surface area contributed by atoms with E-state index in [1.54, 1.807) is 0 Å². The number of carbonyl (C=O) groups excluding carboxylic acids is 1. The summed E-state index contributed by atoms with van der Waals surface area (Å²) in [6.07, 6.45) is 7.05. The number of amides is 2. The van der Waals surface area contributed by atoms with Crippen molar-refractivity contribution in [2.75, 3.05) is 6.54 Å². The molecule has 5 heteroatoms. The van der Waals surface area contributed by atoms with Crippen molar-refractivity contribution in [3.8, 4) is 0 Å². The fourth-order valence-electron chi connectivity index (χ4n) is 1.97. The average Bonchev–Trinajstić information content (AvgIpc) is 2.36. The molecule has 0 rings (SSSR count). The second kappa shape index (κ2) is 11.6. The smallest absolute Gasteiger partial charge is 0.315 e. The van der Waals surface area contributed by atoms with E-state index in [-0.39, 0.29) is 24.4 Å². The number of carboxylic acid groups (broad SMARTS) is 1. The molecule has 0 bridgehead atoms. The van der Waals surface area contributed by atoms with E-state index in [0.717, 1.165) is 12.8 Å². The molecule has 0 spiro atoms. The van der Waals surface area contributed by atoms with Crippen LogP contribution in [0.1, 0.15) is 65.7 Å². The van der Waals surface area contributed by atoms with Crippen LogP contribution in [0.2, 0.25) is 0 Å². The summed E-state index contributed by atoms with van der Waals surface area (Å²) in [5.41, 5.74) is 0. The van der Waals surface area contributed by atoms with E-state index in [9.17, 15) is 9.59 Å². The third-order valence-electron chi connectivity index (χ3n) is 3.33. The van der Waals surface area contributed by atoms with Crippen LogP contribution >= 0.6 is 0 Å². The van der Waals surface area contributed by atoms with Crippen LogP contribution in [0.15, 0.2) is 0 Å². The molecule has 20 heavy (non-hydrogen) atoms. The Balaban J connectivity index is 3.72. The Morgan fingerprint density at radius 1 is 1.05 bits per heavy atom. The quantitative estimate of drug-likeness (QED) is 0.510. The van der Waals surface area contributed by atoms with E-state index in [1.165, 1.54) is 25.7 Å². The Morgan fingerprint density at radius 3 is 2.20 bits per heavy atom. The van der Waals surface area contributed by atoms with Gasteiger partial charge in [-0.3, -0.25) is 4.79 Å². The van der Waals surface area contributed by atoms with Gasteiger partial charge in [-0.05, 0) is 12.3 Å². The highest BCUT2D eigenvalue weighted by Crippen LogP contribution is 2.06. The Morgan fingerprint density at radius 2 is 1.65 bits per heavy atom. The van der Waals surface area contributed by atoms with Gasteiger partial charge in [0.25, 0.3) is 0 Å². The van der Waals surface area contributed by atoms with Crippen LogP contribution in [0, 0.1) is 5.92 Å². The first kappa shape index (κ1) is 18.7. The lowest BCUT2D eigenvalue weighted by Crippen LogP contribution is -2.45. The van der Waals surface area contributed by atoms with Gasteiger partial charge in [0.15, 0.2) is 0 Å². The zero-order valence-electron chi connectivity index (χ0n) is 13.1. The van der Waals surface area contributed by atoms with Crippen molar-refractivity contribution in [3.05, 3.63) is 0 Å². The summed E-state index contributed by atoms with van der Waals surface area (Å²) in [5.74, 6) is -0.786. The number of rotatable bonds is 11. The van der Waals surface area contributed by atoms with Crippen molar-refractivity contribution < 1.29 is 14.7 Å². The lowest BCUT2D eigenvalue weighted by atomic mass is 10.0. The number of hydrogen-bond donors (Lipinski definition) is 3. The van der Waals surface area contributed by atoms with Gasteiger partial charge in [-0.25, -0.2) is 4.79 Å². The van der Waals surface area contributed by atoms with Crippen LogP contribution in [0.25, 0.3) is 0 Å². The number of unbranched alkanes of at least 4 members (excludes halogenated alkanes) is 5. The molecular weight excluding hydrogens is 256 g/mol. The van der Waals surface area contributed by atoms with Crippen molar-refractivity contribution in [1.29, 1.82) is 0 Å². The number of hydrogen-bond acceptors (Lipinski definition) is 2. The van der Waals surface area contributed by atoms with Gasteiger partial charge in [0, 0.05) is 12.6 Å². The molecule has 0 radical (unpaired) electrons. The molecule has 118 valence electrons. The molecule has 0 aromatic carbocycles. The van der Waals surface area contributed by atoms with E-state index in [0.29, 0.717) is 6.54 Å². The first-order valence-corrected chi connectivity index (χ1v) is 7.73. The third kappa shape index (κ3) is 10.6. The molecule has 0 aromatic rings. The molecule has 0 fully saturated rings. The molecule has 0 saturated heterocycles. The summed E-state index contributed by atoms with van der Waals surface area (Å²) < 4.78 is 0. The van der Waals surface area contributed by atoms with Gasteiger partial charge in [0.05, 0.1) is 6.42 Å². The second-order valence-electron chi connectivity index (χ2n) is 5.62. The van der Waals surface area contributed by atoms with Crippen molar-refractivity contribution in [3.63, 3.8) is 0 Å². The molecule has 5 nitrogen and oxygen atoms in total. The standard InChI is InChI=1S/C15H30N2O3/c1-4-5-6-7-8-9-10-16-15(20)17-13(12(2)3)11-14(18)19/h12-13H,4-11H2,1-3H3,(H,18,19)(H2,16,17,20). The topological polar surface area (TPSA) is 78.4 Å². The SMILES string of the molecule is CCCCCCCCNC(=O)NC(CC(=O)O)C(C)C. The molecule has 1 atom stereocenters. The third-order valence-corrected chi connectivity index (χ3v) is 3.33. The number of aliphatic carboxylic acids is 1. The van der Waals surface area contributed by atoms with E-state index in [4.69, 9.17) is 5.11 Å². The highest BCUT2D eigenvalue weighted by atomic mass is 16.4. The lowest BCUT2D eigenvalue weighted by Gasteiger charge is -2.20. The Kier molecular flexibility index (Phi) is 10.8. The van der Waals surface area contributed by atoms with Crippen LogP contribution in [0.4, 0.5) is 4.79 Å². The number of carboxylic acids is 1. The molecule has 0 aromatic heterocycles. The average molecular weight is 286 g/mol. The van der Waals surface area contributed by atoms with Gasteiger partial charge in [-0.2, -0.15) is 0 Å². The molecular formula is C15H30N2O3. The van der Waals surface area contributed by atoms with E-state index in [1.807, 2.05) is 13.8 Å². The molecule has 0 aliphatic heterocycles. The van der Waals surface area contributed by atoms with Crippen LogP contribution in [-0.2, 0) is 4.79 Å². The zero-order valence-corrected chi connectivity index (χ0v) is 13.1. The second-order valence-corrected chi connectivity index (χ2v) is 5.62. The highest BCUT2D eigenvalue weighted by Gasteiger charge is 2.18. The van der Waals surface area contributed by atoms with Crippen molar-refractivity contribution in [2.45, 2.75) is 71.8 Å². The van der Waals surface area contributed by atoms with Gasteiger partial charge in [0.2, 0.25) is 0 Å². The van der Waals surface area contributed by atoms with Gasteiger partial charge >= 0.3 is 12.0 Å². The Bertz CT molecular complexity index is 280. The van der Waals surface area contributed by atoms with E-state index >= 15 is 0 Å². The normalized spacial score (nSPS) is 12.2. The molecule has 0 heterocycles. The Hall–Kier alpha value is -1.26. The molecule has 0 saturated carbocycles. The first-order valence-electron chi connectivity index (χ1n) is 7.73. The molecule has 3 N–H and O–H groups in total. The maximum atomic E-state index is 11.7. The first-order chi connectivity index (χ1) is 9.47. The van der Waals surface area contributed by atoms with Crippen molar-refractivity contribution in [1.82, 2.24) is 10.6 Å². The largest absolute Gasteiger partial charge is 0.481 e. The minimum atomic E-state index is -0.889. The fourth-order valence-corrected chi connectivity index (χ4v) is 1.97. The predicted molar refractivity (Wildman–Crippen MR) is 80.8 cm³/mol. The minimum absolute atomic E-state index is 0.0396. The molecule has 1 unspecified atom stereocenters. The summed E-state index contributed by atoms with van der Waals surface area (Å²) in [6.45, 7) is 6.65. The minimum Gasteiger partial charge on any atom is -0.481 e. The van der Waals surface area contributed by atoms with Crippen molar-refractivity contribution >= 4 is 12.0 Å². The highest BCUT2D eigenvalue weighted by molar-refractivity contribution is 5.75. The van der Waals surface area contributed by atoms with Gasteiger partial charge in [0.1, 0.15) is 0 Å². The molecule has 0 aliphatic rings. The molecule has 0 aliphatic carbocycles. The summed E-state index contributed by atoms with van der Waals surface area (Å²) in [4.78, 5) is 22.4. The monoisotopic (exact) mass is 286 g/mol. The zero-order chi connectivity index (χ0) is 15.4.